The van der Waals surface area contributed by atoms with Crippen molar-refractivity contribution in [3.8, 4) is 5.95 Å². The first-order valence-corrected chi connectivity index (χ1v) is 8.36. The fourth-order valence-electron chi connectivity index (χ4n) is 4.14. The van der Waals surface area contributed by atoms with Crippen LogP contribution in [0.5, 0.6) is 5.95 Å². The lowest BCUT2D eigenvalue weighted by atomic mass is 9.64. The Morgan fingerprint density at radius 3 is 2.42 bits per heavy atom. The highest BCUT2D eigenvalue weighted by Crippen LogP contribution is 2.47. The first-order valence-electron chi connectivity index (χ1n) is 8.36. The van der Waals surface area contributed by atoms with Gasteiger partial charge in [-0.1, -0.05) is 34.9 Å². The molecule has 24 heavy (non-hydrogen) atoms. The maximum absolute atomic E-state index is 12.7. The van der Waals surface area contributed by atoms with Crippen LogP contribution < -0.4 is 10.2 Å². The summed E-state index contributed by atoms with van der Waals surface area (Å²) >= 11 is 0. The highest BCUT2D eigenvalue weighted by molar-refractivity contribution is 5.46. The standard InChI is InChI=1S/C21H28O3/c1-9-13(3)17-14(4)10-12(2)11-21(17,7)19-15(5)18(22)16(6)20(23-8)24-19/h9-11,17H,1-8H3/b13-9+/t17-,21+/m0/s1. The van der Waals surface area contributed by atoms with Crippen molar-refractivity contribution in [2.24, 2.45) is 5.92 Å². The van der Waals surface area contributed by atoms with Gasteiger partial charge in [-0.25, -0.2) is 0 Å². The Morgan fingerprint density at radius 2 is 1.88 bits per heavy atom. The molecule has 0 spiro atoms. The molecule has 3 heteroatoms. The number of methoxy groups -OCH3 is 1. The van der Waals surface area contributed by atoms with Crippen LogP contribution >= 0.6 is 0 Å². The van der Waals surface area contributed by atoms with E-state index in [1.807, 2.05) is 13.8 Å². The summed E-state index contributed by atoms with van der Waals surface area (Å²) in [4.78, 5) is 12.7. The number of hydrogen-bond donors (Lipinski definition) is 0. The maximum atomic E-state index is 12.7. The van der Waals surface area contributed by atoms with E-state index in [1.165, 1.54) is 23.8 Å². The minimum Gasteiger partial charge on any atom is -0.468 e. The molecule has 0 fully saturated rings. The molecule has 3 nitrogen and oxygen atoms in total. The third-order valence-electron chi connectivity index (χ3n) is 5.15. The Hall–Kier alpha value is -2.03. The van der Waals surface area contributed by atoms with Crippen LogP contribution in [0, 0.1) is 19.8 Å². The summed E-state index contributed by atoms with van der Waals surface area (Å²) in [6.07, 6.45) is 6.55. The molecule has 0 bridgehead atoms. The molecule has 0 radical (unpaired) electrons. The molecule has 1 aromatic rings. The first-order chi connectivity index (χ1) is 11.2. The van der Waals surface area contributed by atoms with Crippen molar-refractivity contribution in [2.45, 2.75) is 53.9 Å². The molecule has 2 atom stereocenters. The molecule has 1 aromatic heterocycles. The van der Waals surface area contributed by atoms with Gasteiger partial charge in [0.25, 0.3) is 5.95 Å². The Labute approximate surface area is 144 Å². The number of rotatable bonds is 3. The second kappa shape index (κ2) is 6.46. The zero-order valence-electron chi connectivity index (χ0n) is 16.0. The molecule has 130 valence electrons. The fourth-order valence-corrected chi connectivity index (χ4v) is 4.14. The second-order valence-electron chi connectivity index (χ2n) is 7.03. The quantitative estimate of drug-likeness (QED) is 0.732. The lowest BCUT2D eigenvalue weighted by Crippen LogP contribution is -2.36. The van der Waals surface area contributed by atoms with Crippen molar-refractivity contribution in [3.05, 3.63) is 62.1 Å². The molecule has 0 saturated heterocycles. The Morgan fingerprint density at radius 1 is 1.25 bits per heavy atom. The monoisotopic (exact) mass is 328 g/mol. The van der Waals surface area contributed by atoms with Crippen LogP contribution in [0.15, 0.2) is 44.2 Å². The van der Waals surface area contributed by atoms with E-state index >= 15 is 0 Å². The van der Waals surface area contributed by atoms with Crippen molar-refractivity contribution in [1.29, 1.82) is 0 Å². The van der Waals surface area contributed by atoms with E-state index in [4.69, 9.17) is 9.15 Å². The van der Waals surface area contributed by atoms with Gasteiger partial charge in [0.05, 0.1) is 18.1 Å². The van der Waals surface area contributed by atoms with Crippen molar-refractivity contribution in [1.82, 2.24) is 0 Å². The number of ether oxygens (including phenoxy) is 1. The topological polar surface area (TPSA) is 39.4 Å². The van der Waals surface area contributed by atoms with E-state index in [-0.39, 0.29) is 11.3 Å². The predicted molar refractivity (Wildman–Crippen MR) is 98.8 cm³/mol. The molecule has 2 rings (SSSR count). The molecule has 1 heterocycles. The van der Waals surface area contributed by atoms with E-state index < -0.39 is 5.41 Å². The van der Waals surface area contributed by atoms with Gasteiger partial charge in [0.15, 0.2) is 5.43 Å². The van der Waals surface area contributed by atoms with E-state index in [0.717, 1.165) is 0 Å². The molecule has 0 saturated carbocycles. The summed E-state index contributed by atoms with van der Waals surface area (Å²) in [5.41, 5.74) is 4.45. The van der Waals surface area contributed by atoms with Gasteiger partial charge in [-0.05, 0) is 48.5 Å². The van der Waals surface area contributed by atoms with Gasteiger partial charge in [0.1, 0.15) is 5.76 Å². The molecule has 1 aliphatic carbocycles. The third kappa shape index (κ3) is 2.77. The Kier molecular flexibility index (Phi) is 4.93. The predicted octanol–water partition coefficient (Wildman–Crippen LogP) is 5.01. The van der Waals surface area contributed by atoms with Gasteiger partial charge >= 0.3 is 0 Å². The Balaban J connectivity index is 2.83. The minimum absolute atomic E-state index is 0.00975. The lowest BCUT2D eigenvalue weighted by molar-refractivity contribution is 0.249. The van der Waals surface area contributed by atoms with Crippen LogP contribution in [0.3, 0.4) is 0 Å². The van der Waals surface area contributed by atoms with Crippen molar-refractivity contribution in [3.63, 3.8) is 0 Å². The largest absolute Gasteiger partial charge is 0.468 e. The fraction of sp³-hybridized carbons (Fsp3) is 0.476. The van der Waals surface area contributed by atoms with Crippen LogP contribution in [0.1, 0.15) is 51.5 Å². The van der Waals surface area contributed by atoms with Crippen LogP contribution in [0.4, 0.5) is 0 Å². The summed E-state index contributed by atoms with van der Waals surface area (Å²) in [7, 11) is 1.54. The molecule has 0 aliphatic heterocycles. The van der Waals surface area contributed by atoms with Gasteiger partial charge in [-0.2, -0.15) is 0 Å². The molecule has 0 amide bonds. The highest BCUT2D eigenvalue weighted by Gasteiger charge is 2.42. The Bertz CT molecular complexity index is 805. The van der Waals surface area contributed by atoms with Gasteiger partial charge in [-0.15, -0.1) is 0 Å². The molecular weight excluding hydrogens is 300 g/mol. The summed E-state index contributed by atoms with van der Waals surface area (Å²) in [6.45, 7) is 14.1. The van der Waals surface area contributed by atoms with E-state index in [2.05, 4.69) is 45.9 Å². The van der Waals surface area contributed by atoms with Crippen LogP contribution in [0.2, 0.25) is 0 Å². The van der Waals surface area contributed by atoms with Crippen LogP contribution in [0.25, 0.3) is 0 Å². The van der Waals surface area contributed by atoms with E-state index in [9.17, 15) is 4.79 Å². The average molecular weight is 328 g/mol. The molecule has 1 aliphatic rings. The summed E-state index contributed by atoms with van der Waals surface area (Å²) in [5.74, 6) is 1.14. The van der Waals surface area contributed by atoms with Crippen molar-refractivity contribution in [2.75, 3.05) is 7.11 Å². The number of allylic oxidation sites excluding steroid dienone is 6. The lowest BCUT2D eigenvalue weighted by Gasteiger charge is -2.40. The summed E-state index contributed by atoms with van der Waals surface area (Å²) < 4.78 is 11.4. The normalized spacial score (nSPS) is 24.5. The van der Waals surface area contributed by atoms with E-state index in [1.54, 1.807) is 6.92 Å². The van der Waals surface area contributed by atoms with Gasteiger partial charge in [-0.3, -0.25) is 4.79 Å². The average Bonchev–Trinajstić information content (AvgIpc) is 2.51. The van der Waals surface area contributed by atoms with Gasteiger partial charge < -0.3 is 9.15 Å². The van der Waals surface area contributed by atoms with E-state index in [0.29, 0.717) is 22.8 Å². The number of hydrogen-bond acceptors (Lipinski definition) is 3. The van der Waals surface area contributed by atoms with Crippen LogP contribution in [-0.4, -0.2) is 7.11 Å². The maximum Gasteiger partial charge on any atom is 0.291 e. The minimum atomic E-state index is -0.427. The third-order valence-corrected chi connectivity index (χ3v) is 5.15. The molecule has 0 unspecified atom stereocenters. The van der Waals surface area contributed by atoms with Gasteiger partial charge in [0, 0.05) is 11.5 Å². The van der Waals surface area contributed by atoms with Gasteiger partial charge in [0.2, 0.25) is 0 Å². The summed E-state index contributed by atoms with van der Waals surface area (Å²) in [5, 5.41) is 0. The smallest absolute Gasteiger partial charge is 0.291 e. The zero-order valence-corrected chi connectivity index (χ0v) is 16.0. The molecule has 0 aromatic carbocycles. The van der Waals surface area contributed by atoms with Crippen molar-refractivity contribution < 1.29 is 9.15 Å². The highest BCUT2D eigenvalue weighted by atomic mass is 16.6. The SMILES string of the molecule is C/C=C(\C)[C@H]1C(C)=CC(C)=C[C@@]1(C)c1oc(OC)c(C)c(=O)c1C. The van der Waals surface area contributed by atoms with Crippen molar-refractivity contribution >= 4 is 0 Å². The molecule has 0 N–H and O–H groups in total. The first kappa shape index (κ1) is 18.3. The summed E-state index contributed by atoms with van der Waals surface area (Å²) in [6, 6.07) is 0. The van der Waals surface area contributed by atoms with Crippen LogP contribution in [-0.2, 0) is 5.41 Å². The molecular formula is C21H28O3. The zero-order chi connectivity index (χ0) is 18.2. The second-order valence-corrected chi connectivity index (χ2v) is 7.03.